The summed E-state index contributed by atoms with van der Waals surface area (Å²) in [6.07, 6.45) is 5.83. The minimum Gasteiger partial charge on any atom is -0.507 e. The van der Waals surface area contributed by atoms with Gasteiger partial charge < -0.3 is 5.11 Å². The van der Waals surface area contributed by atoms with E-state index in [4.69, 9.17) is 9.97 Å². The number of aromatic nitrogens is 4. The van der Waals surface area contributed by atoms with Crippen molar-refractivity contribution in [2.24, 2.45) is 0 Å². The predicted octanol–water partition coefficient (Wildman–Crippen LogP) is 10.5. The second kappa shape index (κ2) is 11.3. The van der Waals surface area contributed by atoms with Gasteiger partial charge in [0.1, 0.15) is 17.3 Å². The van der Waals surface area contributed by atoms with E-state index in [-0.39, 0.29) is 5.75 Å². The molecule has 0 spiro atoms. The van der Waals surface area contributed by atoms with Crippen molar-refractivity contribution >= 4 is 32.4 Å². The smallest absolute Gasteiger partial charge is 0.146 e. The van der Waals surface area contributed by atoms with Gasteiger partial charge in [0.25, 0.3) is 0 Å². The van der Waals surface area contributed by atoms with Crippen LogP contribution in [0.15, 0.2) is 164 Å². The Morgan fingerprint density at radius 2 is 1.15 bits per heavy atom. The molecule has 48 heavy (non-hydrogen) atoms. The maximum Gasteiger partial charge on any atom is 0.146 e. The first-order chi connectivity index (χ1) is 23.7. The van der Waals surface area contributed by atoms with Crippen molar-refractivity contribution < 1.29 is 5.11 Å². The van der Waals surface area contributed by atoms with Crippen molar-refractivity contribution in [3.8, 4) is 56.5 Å². The summed E-state index contributed by atoms with van der Waals surface area (Å²) in [5.74, 6) is 0.994. The summed E-state index contributed by atoms with van der Waals surface area (Å²) in [6, 6.07) is 49.4. The molecule has 0 aliphatic rings. The lowest BCUT2D eigenvalue weighted by molar-refractivity contribution is 0.482. The maximum absolute atomic E-state index is 10.9. The molecule has 0 saturated carbocycles. The Morgan fingerprint density at radius 1 is 0.500 bits per heavy atom. The molecule has 0 saturated heterocycles. The molecular weight excluding hydrogens is 589 g/mol. The molecular formula is C43H28N4O. The van der Waals surface area contributed by atoms with Gasteiger partial charge in [-0.1, -0.05) is 127 Å². The fraction of sp³-hybridized carbons (Fsp3) is 0. The maximum atomic E-state index is 10.9. The lowest BCUT2D eigenvalue weighted by Crippen LogP contribution is -2.02. The number of benzene rings is 6. The fourth-order valence-electron chi connectivity index (χ4n) is 6.76. The van der Waals surface area contributed by atoms with Crippen molar-refractivity contribution in [1.29, 1.82) is 0 Å². The van der Waals surface area contributed by atoms with Gasteiger partial charge in [-0.05, 0) is 40.1 Å². The SMILES string of the molecule is Oc1cccc2ccc3ccc(-c4cn(-c5c(-c6ccccc6)cccc5-c5ccccc5)c(-c5cccc6ccncc56)n4)nc3c12. The van der Waals surface area contributed by atoms with Crippen LogP contribution < -0.4 is 0 Å². The van der Waals surface area contributed by atoms with Gasteiger partial charge in [0.15, 0.2) is 0 Å². The van der Waals surface area contributed by atoms with E-state index >= 15 is 0 Å². The molecule has 0 aliphatic heterocycles. The average Bonchev–Trinajstić information content (AvgIpc) is 3.60. The number of para-hydroxylation sites is 1. The molecule has 0 atom stereocenters. The number of fused-ring (bicyclic) bond motifs is 4. The minimum atomic E-state index is 0.210. The monoisotopic (exact) mass is 616 g/mol. The van der Waals surface area contributed by atoms with E-state index in [0.717, 1.165) is 83.2 Å². The molecule has 0 unspecified atom stereocenters. The van der Waals surface area contributed by atoms with E-state index in [2.05, 4.69) is 107 Å². The van der Waals surface area contributed by atoms with Gasteiger partial charge in [-0.3, -0.25) is 9.55 Å². The van der Waals surface area contributed by atoms with Crippen LogP contribution in [0.2, 0.25) is 0 Å². The molecule has 9 rings (SSSR count). The van der Waals surface area contributed by atoms with Crippen LogP contribution in [0.1, 0.15) is 0 Å². The second-order valence-electron chi connectivity index (χ2n) is 11.9. The summed E-state index contributed by atoms with van der Waals surface area (Å²) in [5.41, 5.74) is 8.56. The minimum absolute atomic E-state index is 0.210. The average molecular weight is 617 g/mol. The summed E-state index contributed by atoms with van der Waals surface area (Å²) < 4.78 is 2.22. The van der Waals surface area contributed by atoms with Crippen molar-refractivity contribution in [1.82, 2.24) is 19.5 Å². The van der Waals surface area contributed by atoms with Crippen LogP contribution in [-0.4, -0.2) is 24.6 Å². The van der Waals surface area contributed by atoms with Crippen LogP contribution in [0, 0.1) is 0 Å². The summed E-state index contributed by atoms with van der Waals surface area (Å²) in [5, 5.41) is 15.6. The highest BCUT2D eigenvalue weighted by Gasteiger charge is 2.22. The number of phenolic OH excluding ortho intramolecular Hbond substituents is 1. The molecule has 5 heteroatoms. The highest BCUT2D eigenvalue weighted by Crippen LogP contribution is 2.41. The van der Waals surface area contributed by atoms with E-state index in [1.807, 2.05) is 60.9 Å². The quantitative estimate of drug-likeness (QED) is 0.195. The van der Waals surface area contributed by atoms with Crippen LogP contribution in [0.5, 0.6) is 5.75 Å². The van der Waals surface area contributed by atoms with Crippen LogP contribution in [-0.2, 0) is 0 Å². The predicted molar refractivity (Wildman–Crippen MR) is 195 cm³/mol. The van der Waals surface area contributed by atoms with Crippen LogP contribution >= 0.6 is 0 Å². The Morgan fingerprint density at radius 3 is 1.92 bits per heavy atom. The van der Waals surface area contributed by atoms with Crippen molar-refractivity contribution in [2.45, 2.75) is 0 Å². The molecule has 0 bridgehead atoms. The molecule has 3 aromatic heterocycles. The number of pyridine rings is 2. The van der Waals surface area contributed by atoms with Crippen LogP contribution in [0.4, 0.5) is 0 Å². The van der Waals surface area contributed by atoms with Crippen molar-refractivity contribution in [3.63, 3.8) is 0 Å². The van der Waals surface area contributed by atoms with Crippen molar-refractivity contribution in [3.05, 3.63) is 164 Å². The first kappa shape index (κ1) is 27.7. The van der Waals surface area contributed by atoms with E-state index in [9.17, 15) is 5.11 Å². The summed E-state index contributed by atoms with van der Waals surface area (Å²) in [7, 11) is 0. The molecule has 0 amide bonds. The lowest BCUT2D eigenvalue weighted by Gasteiger charge is -2.19. The third-order valence-electron chi connectivity index (χ3n) is 9.02. The third kappa shape index (κ3) is 4.60. The Bertz CT molecular complexity index is 2560. The van der Waals surface area contributed by atoms with E-state index in [0.29, 0.717) is 0 Å². The first-order valence-electron chi connectivity index (χ1n) is 15.9. The zero-order valence-corrected chi connectivity index (χ0v) is 25.8. The molecule has 3 heterocycles. The molecule has 5 nitrogen and oxygen atoms in total. The molecule has 0 aliphatic carbocycles. The first-order valence-corrected chi connectivity index (χ1v) is 15.9. The standard InChI is InChI=1S/C43H28N4O/c48-39-19-8-15-31-20-21-32-22-23-37(45-41(32)40(31)39)38-27-47(43(46-38)35-18-7-14-30-24-25-44-26-36(30)35)42-33(28-10-3-1-4-11-28)16-9-17-34(42)29-12-5-2-6-13-29/h1-27,48H. The summed E-state index contributed by atoms with van der Waals surface area (Å²) >= 11 is 0. The molecule has 6 aromatic carbocycles. The van der Waals surface area contributed by atoms with Gasteiger partial charge in [0, 0.05) is 51.4 Å². The Hall–Kier alpha value is -6.59. The third-order valence-corrected chi connectivity index (χ3v) is 9.02. The zero-order chi connectivity index (χ0) is 32.0. The topological polar surface area (TPSA) is 63.8 Å². The normalized spacial score (nSPS) is 11.4. The van der Waals surface area contributed by atoms with Gasteiger partial charge >= 0.3 is 0 Å². The number of aromatic hydroxyl groups is 1. The molecule has 0 fully saturated rings. The largest absolute Gasteiger partial charge is 0.507 e. The second-order valence-corrected chi connectivity index (χ2v) is 11.9. The highest BCUT2D eigenvalue weighted by atomic mass is 16.3. The van der Waals surface area contributed by atoms with Gasteiger partial charge in [0.2, 0.25) is 0 Å². The zero-order valence-electron chi connectivity index (χ0n) is 25.8. The van der Waals surface area contributed by atoms with Gasteiger partial charge in [-0.2, -0.15) is 0 Å². The number of phenols is 1. The number of rotatable bonds is 5. The van der Waals surface area contributed by atoms with Crippen LogP contribution in [0.25, 0.3) is 83.2 Å². The number of imidazole rings is 1. The van der Waals surface area contributed by atoms with Gasteiger partial charge in [-0.15, -0.1) is 0 Å². The van der Waals surface area contributed by atoms with Crippen molar-refractivity contribution in [2.75, 3.05) is 0 Å². The van der Waals surface area contributed by atoms with E-state index in [1.54, 1.807) is 6.07 Å². The van der Waals surface area contributed by atoms with Gasteiger partial charge in [-0.25, -0.2) is 9.97 Å². The molecule has 9 aromatic rings. The fourth-order valence-corrected chi connectivity index (χ4v) is 6.76. The number of hydrogen-bond acceptors (Lipinski definition) is 4. The summed E-state index contributed by atoms with van der Waals surface area (Å²) in [4.78, 5) is 15.0. The Kier molecular flexibility index (Phi) is 6.54. The lowest BCUT2D eigenvalue weighted by atomic mass is 9.95. The van der Waals surface area contributed by atoms with E-state index < -0.39 is 0 Å². The van der Waals surface area contributed by atoms with E-state index in [1.165, 1.54) is 0 Å². The number of nitrogens with zero attached hydrogens (tertiary/aromatic N) is 4. The highest BCUT2D eigenvalue weighted by molar-refractivity contribution is 6.09. The molecule has 1 N–H and O–H groups in total. The summed E-state index contributed by atoms with van der Waals surface area (Å²) in [6.45, 7) is 0. The van der Waals surface area contributed by atoms with Gasteiger partial charge in [0.05, 0.1) is 16.9 Å². The van der Waals surface area contributed by atoms with Crippen LogP contribution in [0.3, 0.4) is 0 Å². The Balaban J connectivity index is 1.37. The molecule has 226 valence electrons. The number of hydrogen-bond donors (Lipinski definition) is 1. The Labute approximate surface area is 277 Å². The molecule has 0 radical (unpaired) electrons.